The molecular formula is C17H20N6OS. The third kappa shape index (κ3) is 2.91. The molecule has 1 saturated heterocycles. The summed E-state index contributed by atoms with van der Waals surface area (Å²) in [5.41, 5.74) is 10.4. The molecule has 0 aromatic carbocycles. The van der Waals surface area contributed by atoms with Crippen LogP contribution in [-0.4, -0.2) is 36.9 Å². The van der Waals surface area contributed by atoms with E-state index in [1.165, 1.54) is 23.9 Å². The Morgan fingerprint density at radius 2 is 2.28 bits per heavy atom. The number of thiazole rings is 1. The molecule has 1 fully saturated rings. The molecule has 3 aromatic rings. The van der Waals surface area contributed by atoms with E-state index in [0.717, 1.165) is 30.9 Å². The number of hydrogen-bond donors (Lipinski definition) is 1. The van der Waals surface area contributed by atoms with Crippen molar-refractivity contribution >= 4 is 22.9 Å². The zero-order valence-corrected chi connectivity index (χ0v) is 14.9. The van der Waals surface area contributed by atoms with Crippen LogP contribution in [0.3, 0.4) is 0 Å². The second-order valence-electron chi connectivity index (χ2n) is 6.37. The van der Waals surface area contributed by atoms with Gasteiger partial charge in [0.25, 0.3) is 5.91 Å². The Kier molecular flexibility index (Phi) is 4.22. The number of likely N-dealkylation sites (tertiary alicyclic amines) is 1. The summed E-state index contributed by atoms with van der Waals surface area (Å²) in [6.45, 7) is 3.98. The van der Waals surface area contributed by atoms with E-state index in [4.69, 9.17) is 5.73 Å². The van der Waals surface area contributed by atoms with Gasteiger partial charge in [-0.15, -0.1) is 11.3 Å². The van der Waals surface area contributed by atoms with Gasteiger partial charge in [0.15, 0.2) is 5.65 Å². The summed E-state index contributed by atoms with van der Waals surface area (Å²) in [5.74, 6) is -0.500. The van der Waals surface area contributed by atoms with E-state index in [9.17, 15) is 4.79 Å². The highest BCUT2D eigenvalue weighted by Gasteiger charge is 2.28. The summed E-state index contributed by atoms with van der Waals surface area (Å²) in [6.07, 6.45) is 6.67. The van der Waals surface area contributed by atoms with Gasteiger partial charge in [-0.05, 0) is 32.4 Å². The fourth-order valence-corrected chi connectivity index (χ4v) is 4.32. The van der Waals surface area contributed by atoms with E-state index in [-0.39, 0.29) is 6.04 Å². The summed E-state index contributed by atoms with van der Waals surface area (Å²) in [4.78, 5) is 24.0. The van der Waals surface area contributed by atoms with Crippen molar-refractivity contribution in [1.29, 1.82) is 0 Å². The fourth-order valence-electron chi connectivity index (χ4n) is 3.51. The first kappa shape index (κ1) is 16.2. The van der Waals surface area contributed by atoms with Crippen molar-refractivity contribution in [3.63, 3.8) is 0 Å². The molecule has 0 bridgehead atoms. The number of nitrogens with two attached hydrogens (primary N) is 1. The van der Waals surface area contributed by atoms with Gasteiger partial charge in [0.2, 0.25) is 0 Å². The molecule has 0 spiro atoms. The standard InChI is InChI=1S/C17H20N6OS/c1-11-15(25-10-20-11)9-22-7-3-2-4-13(22)14-5-6-19-17-12(16(18)24)8-21-23(14)17/h5-6,8,10,13H,2-4,7,9H2,1H3,(H2,18,24)/t13-/m0/s1. The minimum Gasteiger partial charge on any atom is -0.365 e. The van der Waals surface area contributed by atoms with Crippen molar-refractivity contribution < 1.29 is 4.79 Å². The molecule has 3 aromatic heterocycles. The van der Waals surface area contributed by atoms with Gasteiger partial charge in [-0.2, -0.15) is 5.10 Å². The van der Waals surface area contributed by atoms with E-state index in [0.29, 0.717) is 11.2 Å². The van der Waals surface area contributed by atoms with E-state index in [1.54, 1.807) is 22.0 Å². The minimum absolute atomic E-state index is 0.237. The number of carbonyl (C=O) groups is 1. The maximum absolute atomic E-state index is 11.6. The van der Waals surface area contributed by atoms with E-state index in [2.05, 4.69) is 26.9 Å². The van der Waals surface area contributed by atoms with Gasteiger partial charge in [0.1, 0.15) is 5.56 Å². The summed E-state index contributed by atoms with van der Waals surface area (Å²) in [5, 5.41) is 4.38. The molecule has 8 heteroatoms. The number of piperidine rings is 1. The molecule has 25 heavy (non-hydrogen) atoms. The Morgan fingerprint density at radius 3 is 3.04 bits per heavy atom. The lowest BCUT2D eigenvalue weighted by Gasteiger charge is -2.35. The predicted octanol–water partition coefficient (Wildman–Crippen LogP) is 2.32. The smallest absolute Gasteiger partial charge is 0.254 e. The number of rotatable bonds is 4. The van der Waals surface area contributed by atoms with Crippen molar-refractivity contribution in [3.8, 4) is 0 Å². The number of carbonyl (C=O) groups excluding carboxylic acids is 1. The SMILES string of the molecule is Cc1ncsc1CN1CCCC[C@H]1c1ccnc2c(C(N)=O)cnn12. The molecule has 4 heterocycles. The van der Waals surface area contributed by atoms with Crippen LogP contribution in [0.1, 0.15) is 51.9 Å². The van der Waals surface area contributed by atoms with E-state index < -0.39 is 5.91 Å². The molecule has 4 rings (SSSR count). The first-order valence-corrected chi connectivity index (χ1v) is 9.28. The van der Waals surface area contributed by atoms with Crippen LogP contribution in [0.25, 0.3) is 5.65 Å². The lowest BCUT2D eigenvalue weighted by atomic mass is 9.99. The van der Waals surface area contributed by atoms with Crippen molar-refractivity contribution in [3.05, 3.63) is 45.8 Å². The molecule has 2 N–H and O–H groups in total. The molecule has 1 amide bonds. The largest absolute Gasteiger partial charge is 0.365 e. The number of amides is 1. The molecule has 1 atom stereocenters. The second-order valence-corrected chi connectivity index (χ2v) is 7.31. The highest BCUT2D eigenvalue weighted by molar-refractivity contribution is 7.09. The summed E-state index contributed by atoms with van der Waals surface area (Å²) < 4.78 is 1.77. The zero-order chi connectivity index (χ0) is 17.4. The lowest BCUT2D eigenvalue weighted by molar-refractivity contribution is 0.100. The molecule has 1 aliphatic rings. The topological polar surface area (TPSA) is 89.4 Å². The third-order valence-corrected chi connectivity index (χ3v) is 5.76. The summed E-state index contributed by atoms with van der Waals surface area (Å²) in [6, 6.07) is 2.23. The van der Waals surface area contributed by atoms with Gasteiger partial charge < -0.3 is 5.73 Å². The van der Waals surface area contributed by atoms with Crippen molar-refractivity contribution in [2.24, 2.45) is 5.73 Å². The molecule has 130 valence electrons. The fraction of sp³-hybridized carbons (Fsp3) is 0.412. The zero-order valence-electron chi connectivity index (χ0n) is 14.1. The average Bonchev–Trinajstić information content (AvgIpc) is 3.22. The number of aryl methyl sites for hydroxylation is 1. The number of nitrogens with zero attached hydrogens (tertiary/aromatic N) is 5. The Hall–Kier alpha value is -2.32. The van der Waals surface area contributed by atoms with Crippen LogP contribution >= 0.6 is 11.3 Å². The molecule has 1 aliphatic heterocycles. The van der Waals surface area contributed by atoms with Gasteiger partial charge in [-0.1, -0.05) is 6.42 Å². The summed E-state index contributed by atoms with van der Waals surface area (Å²) in [7, 11) is 0. The monoisotopic (exact) mass is 356 g/mol. The predicted molar refractivity (Wildman–Crippen MR) is 95.4 cm³/mol. The molecule has 0 saturated carbocycles. The van der Waals surface area contributed by atoms with Crippen molar-refractivity contribution in [2.75, 3.05) is 6.54 Å². The Balaban J connectivity index is 1.72. The van der Waals surface area contributed by atoms with Crippen molar-refractivity contribution in [2.45, 2.75) is 38.8 Å². The Morgan fingerprint density at radius 1 is 1.40 bits per heavy atom. The second kappa shape index (κ2) is 6.53. The quantitative estimate of drug-likeness (QED) is 0.775. The Bertz CT molecular complexity index is 917. The van der Waals surface area contributed by atoms with Gasteiger partial charge in [0, 0.05) is 17.6 Å². The van der Waals surface area contributed by atoms with E-state index in [1.807, 2.05) is 11.6 Å². The highest BCUT2D eigenvalue weighted by atomic mass is 32.1. The van der Waals surface area contributed by atoms with E-state index >= 15 is 0 Å². The molecule has 0 unspecified atom stereocenters. The molecular weight excluding hydrogens is 336 g/mol. The van der Waals surface area contributed by atoms with Gasteiger partial charge >= 0.3 is 0 Å². The highest BCUT2D eigenvalue weighted by Crippen LogP contribution is 2.33. The maximum atomic E-state index is 11.6. The summed E-state index contributed by atoms with van der Waals surface area (Å²) >= 11 is 1.70. The first-order valence-electron chi connectivity index (χ1n) is 8.40. The van der Waals surface area contributed by atoms with Crippen LogP contribution in [-0.2, 0) is 6.54 Å². The molecule has 0 aliphatic carbocycles. The van der Waals surface area contributed by atoms with Gasteiger partial charge in [-0.3, -0.25) is 9.69 Å². The number of primary amides is 1. The van der Waals surface area contributed by atoms with Crippen LogP contribution in [0.5, 0.6) is 0 Å². The molecule has 0 radical (unpaired) electrons. The number of aromatic nitrogens is 4. The van der Waals surface area contributed by atoms with Crippen LogP contribution in [0.2, 0.25) is 0 Å². The van der Waals surface area contributed by atoms with Crippen LogP contribution in [0.15, 0.2) is 24.0 Å². The molecule has 7 nitrogen and oxygen atoms in total. The van der Waals surface area contributed by atoms with Crippen LogP contribution in [0, 0.1) is 6.92 Å². The number of hydrogen-bond acceptors (Lipinski definition) is 6. The lowest BCUT2D eigenvalue weighted by Crippen LogP contribution is -2.34. The maximum Gasteiger partial charge on any atom is 0.254 e. The van der Waals surface area contributed by atoms with Crippen LogP contribution < -0.4 is 5.73 Å². The number of fused-ring (bicyclic) bond motifs is 1. The minimum atomic E-state index is -0.500. The average molecular weight is 356 g/mol. The first-order chi connectivity index (χ1) is 12.1. The Labute approximate surface area is 149 Å². The van der Waals surface area contributed by atoms with Crippen LogP contribution in [0.4, 0.5) is 0 Å². The third-order valence-electron chi connectivity index (χ3n) is 4.84. The normalized spacial score (nSPS) is 18.7. The van der Waals surface area contributed by atoms with Gasteiger partial charge in [0.05, 0.1) is 29.1 Å². The van der Waals surface area contributed by atoms with Crippen molar-refractivity contribution in [1.82, 2.24) is 24.5 Å². The van der Waals surface area contributed by atoms with Gasteiger partial charge in [-0.25, -0.2) is 14.5 Å².